The molecule has 9 heteroatoms. The zero-order chi connectivity index (χ0) is 21.8. The van der Waals surface area contributed by atoms with Gasteiger partial charge in [-0.1, -0.05) is 12.1 Å². The van der Waals surface area contributed by atoms with Gasteiger partial charge in [0.1, 0.15) is 11.5 Å². The molecule has 1 aliphatic heterocycles. The number of benzene rings is 2. The minimum atomic E-state index is -1.43. The molecule has 6 nitrogen and oxygen atoms in total. The van der Waals surface area contributed by atoms with Gasteiger partial charge in [-0.25, -0.2) is 13.2 Å². The fourth-order valence-electron chi connectivity index (χ4n) is 2.87. The molecule has 2 aromatic carbocycles. The topological polar surface area (TPSA) is 87.6 Å². The van der Waals surface area contributed by atoms with E-state index in [1.54, 1.807) is 0 Å². The molecule has 0 radical (unpaired) electrons. The summed E-state index contributed by atoms with van der Waals surface area (Å²) in [7, 11) is 1.43. The van der Waals surface area contributed by atoms with Crippen LogP contribution in [0.3, 0.4) is 0 Å². The number of hydrogen-bond acceptors (Lipinski definition) is 4. The molecule has 1 aliphatic rings. The highest BCUT2D eigenvalue weighted by Gasteiger charge is 2.23. The molecule has 30 heavy (non-hydrogen) atoms. The number of rotatable bonds is 6. The number of halogens is 3. The molecule has 0 saturated carbocycles. The molecule has 0 unspecified atom stereocenters. The lowest BCUT2D eigenvalue weighted by Gasteiger charge is -2.09. The van der Waals surface area contributed by atoms with Crippen molar-refractivity contribution in [3.05, 3.63) is 76.2 Å². The van der Waals surface area contributed by atoms with Gasteiger partial charge in [-0.3, -0.25) is 19.4 Å². The second-order valence-corrected chi connectivity index (χ2v) is 6.42. The van der Waals surface area contributed by atoms with Crippen LogP contribution in [0.5, 0.6) is 0 Å². The van der Waals surface area contributed by atoms with Crippen LogP contribution in [0.2, 0.25) is 0 Å². The Kier molecular flexibility index (Phi) is 6.10. The number of carbonyl (C=O) groups is 3. The first-order valence-corrected chi connectivity index (χ1v) is 8.86. The number of aliphatic imine (C=N–C) groups is 1. The molecule has 0 aliphatic carbocycles. The summed E-state index contributed by atoms with van der Waals surface area (Å²) < 4.78 is 40.3. The van der Waals surface area contributed by atoms with Gasteiger partial charge in [-0.15, -0.1) is 0 Å². The third-order valence-corrected chi connectivity index (χ3v) is 4.39. The van der Waals surface area contributed by atoms with E-state index in [0.29, 0.717) is 23.4 Å². The Hall–Kier alpha value is -3.75. The van der Waals surface area contributed by atoms with E-state index in [-0.39, 0.29) is 24.1 Å². The quantitative estimate of drug-likeness (QED) is 0.562. The maximum Gasteiger partial charge on any atom is 0.270 e. The van der Waals surface area contributed by atoms with Gasteiger partial charge in [0, 0.05) is 37.9 Å². The van der Waals surface area contributed by atoms with Gasteiger partial charge < -0.3 is 10.6 Å². The van der Waals surface area contributed by atoms with Crippen LogP contribution in [0.25, 0.3) is 0 Å². The third kappa shape index (κ3) is 4.45. The van der Waals surface area contributed by atoms with Crippen LogP contribution in [0.1, 0.15) is 22.3 Å². The van der Waals surface area contributed by atoms with Crippen molar-refractivity contribution in [3.63, 3.8) is 0 Å². The van der Waals surface area contributed by atoms with Gasteiger partial charge in [-0.05, 0) is 23.8 Å². The Bertz CT molecular complexity index is 1090. The summed E-state index contributed by atoms with van der Waals surface area (Å²) in [4.78, 5) is 40.3. The van der Waals surface area contributed by atoms with Gasteiger partial charge in [0.05, 0.1) is 11.1 Å². The fourth-order valence-corrected chi connectivity index (χ4v) is 2.87. The highest BCUT2D eigenvalue weighted by atomic mass is 19.2. The van der Waals surface area contributed by atoms with Gasteiger partial charge in [0.2, 0.25) is 0 Å². The van der Waals surface area contributed by atoms with Gasteiger partial charge in [-0.2, -0.15) is 0 Å². The Morgan fingerprint density at radius 1 is 1.03 bits per heavy atom. The average molecular weight is 415 g/mol. The van der Waals surface area contributed by atoms with E-state index in [4.69, 9.17) is 0 Å². The molecule has 2 N–H and O–H groups in total. The van der Waals surface area contributed by atoms with Crippen molar-refractivity contribution >= 4 is 29.5 Å². The monoisotopic (exact) mass is 415 g/mol. The Labute approximate surface area is 169 Å². The van der Waals surface area contributed by atoms with E-state index in [2.05, 4.69) is 15.6 Å². The van der Waals surface area contributed by atoms with Crippen LogP contribution < -0.4 is 10.6 Å². The number of nitrogens with one attached hydrogen (secondary N) is 2. The van der Waals surface area contributed by atoms with Crippen LogP contribution >= 0.6 is 0 Å². The molecule has 0 saturated heterocycles. The number of Topliss-reactive ketones (excluding diaryl/α,β-unsaturated/α-hetero) is 1. The smallest absolute Gasteiger partial charge is 0.270 e. The SMILES string of the molecule is CNC(=O)C1=C(C(=O)Nc2ccc(CC(=O)c3cc(F)cc(F)c3F)cc2)CC=N1. The first-order valence-electron chi connectivity index (χ1n) is 8.86. The largest absolute Gasteiger partial charge is 0.354 e. The molecule has 0 atom stereocenters. The van der Waals surface area contributed by atoms with Crippen molar-refractivity contribution in [2.24, 2.45) is 4.99 Å². The van der Waals surface area contributed by atoms with Crippen molar-refractivity contribution in [3.8, 4) is 0 Å². The van der Waals surface area contributed by atoms with Crippen molar-refractivity contribution in [1.82, 2.24) is 5.32 Å². The summed E-state index contributed by atoms with van der Waals surface area (Å²) in [5.41, 5.74) is 0.449. The van der Waals surface area contributed by atoms with Crippen molar-refractivity contribution in [2.45, 2.75) is 12.8 Å². The summed E-state index contributed by atoms with van der Waals surface area (Å²) in [5.74, 6) is -5.62. The number of amides is 2. The Morgan fingerprint density at radius 3 is 2.40 bits per heavy atom. The molecule has 0 spiro atoms. The Balaban J connectivity index is 1.69. The second kappa shape index (κ2) is 8.73. The zero-order valence-electron chi connectivity index (χ0n) is 15.8. The molecule has 2 amide bonds. The summed E-state index contributed by atoms with van der Waals surface area (Å²) in [6.45, 7) is 0. The average Bonchev–Trinajstić information content (AvgIpc) is 3.21. The highest BCUT2D eigenvalue weighted by Crippen LogP contribution is 2.20. The lowest BCUT2D eigenvalue weighted by molar-refractivity contribution is -0.118. The standard InChI is InChI=1S/C21H16F3N3O3/c1-25-21(30)19-14(6-7-26-19)20(29)27-13-4-2-11(3-5-13)8-17(28)15-9-12(22)10-16(23)18(15)24/h2-5,7,9-10H,6,8H2,1H3,(H,25,30)(H,27,29). The summed E-state index contributed by atoms with van der Waals surface area (Å²) in [5, 5.41) is 5.04. The molecular formula is C21H16F3N3O3. The predicted molar refractivity (Wildman–Crippen MR) is 104 cm³/mol. The fraction of sp³-hybridized carbons (Fsp3) is 0.143. The van der Waals surface area contributed by atoms with Crippen molar-refractivity contribution in [1.29, 1.82) is 0 Å². The number of anilines is 1. The van der Waals surface area contributed by atoms with Crippen molar-refractivity contribution < 1.29 is 27.6 Å². The minimum absolute atomic E-state index is 0.0431. The van der Waals surface area contributed by atoms with E-state index in [0.717, 1.165) is 0 Å². The second-order valence-electron chi connectivity index (χ2n) is 6.42. The van der Waals surface area contributed by atoms with Crippen LogP contribution in [-0.4, -0.2) is 30.9 Å². The molecule has 2 aromatic rings. The lowest BCUT2D eigenvalue weighted by atomic mass is 10.0. The summed E-state index contributed by atoms with van der Waals surface area (Å²) >= 11 is 0. The number of nitrogens with zero attached hydrogens (tertiary/aromatic N) is 1. The normalized spacial score (nSPS) is 12.8. The first-order chi connectivity index (χ1) is 14.3. The Morgan fingerprint density at radius 2 is 1.73 bits per heavy atom. The number of hydrogen-bond donors (Lipinski definition) is 2. The van der Waals surface area contributed by atoms with Crippen LogP contribution in [0.4, 0.5) is 18.9 Å². The summed E-state index contributed by atoms with van der Waals surface area (Å²) in [6.07, 6.45) is 1.40. The van der Waals surface area contributed by atoms with E-state index in [1.165, 1.54) is 37.5 Å². The number of carbonyl (C=O) groups excluding carboxylic acids is 3. The highest BCUT2D eigenvalue weighted by molar-refractivity contribution is 6.13. The molecular weight excluding hydrogens is 399 g/mol. The van der Waals surface area contributed by atoms with Crippen LogP contribution in [0, 0.1) is 17.5 Å². The molecule has 0 aromatic heterocycles. The minimum Gasteiger partial charge on any atom is -0.354 e. The molecule has 0 fully saturated rings. The zero-order valence-corrected chi connectivity index (χ0v) is 15.8. The van der Waals surface area contributed by atoms with Gasteiger partial charge in [0.15, 0.2) is 17.4 Å². The molecule has 0 bridgehead atoms. The predicted octanol–water partition coefficient (Wildman–Crippen LogP) is 2.94. The van der Waals surface area contributed by atoms with Gasteiger partial charge >= 0.3 is 0 Å². The maximum absolute atomic E-state index is 13.8. The van der Waals surface area contributed by atoms with E-state index >= 15 is 0 Å². The van der Waals surface area contributed by atoms with E-state index in [1.807, 2.05) is 0 Å². The third-order valence-electron chi connectivity index (χ3n) is 4.39. The molecule has 3 rings (SSSR count). The van der Waals surface area contributed by atoms with Crippen LogP contribution in [0.15, 0.2) is 52.7 Å². The molecule has 154 valence electrons. The van der Waals surface area contributed by atoms with Crippen LogP contribution in [-0.2, 0) is 16.0 Å². The maximum atomic E-state index is 13.8. The summed E-state index contributed by atoms with van der Waals surface area (Å²) in [6, 6.07) is 7.07. The van der Waals surface area contributed by atoms with Crippen molar-refractivity contribution in [2.75, 3.05) is 12.4 Å². The lowest BCUT2D eigenvalue weighted by Crippen LogP contribution is -2.23. The number of ketones is 1. The molecule has 1 heterocycles. The first kappa shape index (κ1) is 21.0. The van der Waals surface area contributed by atoms with E-state index in [9.17, 15) is 27.6 Å². The van der Waals surface area contributed by atoms with E-state index < -0.39 is 40.6 Å². The van der Waals surface area contributed by atoms with Gasteiger partial charge in [0.25, 0.3) is 11.8 Å². The number of likely N-dealkylation sites (N-methyl/N-ethyl adjacent to an activating group) is 1.